The van der Waals surface area contributed by atoms with Crippen molar-refractivity contribution < 1.29 is 10.2 Å². The minimum absolute atomic E-state index is 0.129. The Morgan fingerprint density at radius 3 is 2.59 bits per heavy atom. The van der Waals surface area contributed by atoms with Gasteiger partial charge in [-0.1, -0.05) is 27.7 Å². The number of hydrogen-bond acceptors (Lipinski definition) is 2. The fraction of sp³-hybridized carbons (Fsp3) is 0.900. The Balaban J connectivity index is 1.82. The third kappa shape index (κ3) is 1.66. The van der Waals surface area contributed by atoms with Crippen LogP contribution in [0.1, 0.15) is 66.2 Å². The molecule has 4 aliphatic carbocycles. The quantitative estimate of drug-likeness (QED) is 0.681. The van der Waals surface area contributed by atoms with Crippen LogP contribution in [0.15, 0.2) is 11.8 Å². The summed E-state index contributed by atoms with van der Waals surface area (Å²) < 4.78 is 0. The molecule has 0 aromatic heterocycles. The zero-order chi connectivity index (χ0) is 15.9. The Morgan fingerprint density at radius 2 is 1.86 bits per heavy atom. The third-order valence-electron chi connectivity index (χ3n) is 8.51. The van der Waals surface area contributed by atoms with E-state index in [2.05, 4.69) is 33.8 Å². The largest absolute Gasteiger partial charge is 0.512 e. The molecule has 2 heteroatoms. The fourth-order valence-electron chi connectivity index (χ4n) is 7.53. The second kappa shape index (κ2) is 4.32. The molecule has 1 spiro atoms. The first-order valence-electron chi connectivity index (χ1n) is 9.28. The molecular formula is C20H32O2. The van der Waals surface area contributed by atoms with Crippen LogP contribution in [0.25, 0.3) is 0 Å². The second-order valence-electron chi connectivity index (χ2n) is 9.92. The summed E-state index contributed by atoms with van der Waals surface area (Å²) in [6, 6.07) is 0. The van der Waals surface area contributed by atoms with Crippen molar-refractivity contribution in [1.82, 2.24) is 0 Å². The Kier molecular flexibility index (Phi) is 2.95. The third-order valence-corrected chi connectivity index (χ3v) is 8.51. The van der Waals surface area contributed by atoms with Crippen LogP contribution in [0.4, 0.5) is 0 Å². The van der Waals surface area contributed by atoms with Gasteiger partial charge in [-0.2, -0.15) is 0 Å². The highest BCUT2D eigenvalue weighted by Gasteiger charge is 2.66. The molecule has 22 heavy (non-hydrogen) atoms. The van der Waals surface area contributed by atoms with Crippen LogP contribution in [-0.2, 0) is 0 Å². The smallest absolute Gasteiger partial charge is 0.0947 e. The van der Waals surface area contributed by atoms with Crippen molar-refractivity contribution >= 4 is 0 Å². The van der Waals surface area contributed by atoms with E-state index in [9.17, 15) is 10.2 Å². The van der Waals surface area contributed by atoms with Crippen molar-refractivity contribution in [2.24, 2.45) is 39.9 Å². The number of allylic oxidation sites excluding steroid dienone is 2. The molecule has 7 atom stereocenters. The van der Waals surface area contributed by atoms with Crippen LogP contribution < -0.4 is 0 Å². The molecule has 3 saturated carbocycles. The van der Waals surface area contributed by atoms with Crippen LogP contribution >= 0.6 is 0 Å². The van der Waals surface area contributed by atoms with Gasteiger partial charge in [-0.05, 0) is 79.1 Å². The van der Waals surface area contributed by atoms with Gasteiger partial charge in [-0.15, -0.1) is 0 Å². The van der Waals surface area contributed by atoms with Crippen LogP contribution in [-0.4, -0.2) is 16.3 Å². The van der Waals surface area contributed by atoms with Crippen molar-refractivity contribution in [1.29, 1.82) is 0 Å². The normalized spacial score (nSPS) is 56.0. The Hall–Kier alpha value is -0.500. The number of hydrogen-bond donors (Lipinski definition) is 2. The van der Waals surface area contributed by atoms with Gasteiger partial charge < -0.3 is 10.2 Å². The van der Waals surface area contributed by atoms with E-state index in [0.29, 0.717) is 34.8 Å². The van der Waals surface area contributed by atoms with Gasteiger partial charge in [0.05, 0.1) is 11.9 Å². The Labute approximate surface area is 135 Å². The fourth-order valence-corrected chi connectivity index (χ4v) is 7.53. The molecular weight excluding hydrogens is 272 g/mol. The van der Waals surface area contributed by atoms with Crippen LogP contribution in [0.3, 0.4) is 0 Å². The Bertz CT molecular complexity index is 522. The molecule has 124 valence electrons. The van der Waals surface area contributed by atoms with Crippen LogP contribution in [0.5, 0.6) is 0 Å². The lowest BCUT2D eigenvalue weighted by atomic mass is 9.42. The van der Waals surface area contributed by atoms with Gasteiger partial charge in [0.25, 0.3) is 0 Å². The molecule has 0 radical (unpaired) electrons. The number of aliphatic hydroxyl groups excluding tert-OH is 2. The maximum Gasteiger partial charge on any atom is 0.0947 e. The van der Waals surface area contributed by atoms with Gasteiger partial charge >= 0.3 is 0 Å². The molecule has 2 nitrogen and oxygen atoms in total. The van der Waals surface area contributed by atoms with E-state index in [1.165, 1.54) is 25.7 Å². The SMILES string of the molecule is C[C@@H]1C[C@]23CC[C@H]4C(C)(C)CC=C(O)[C@]4(C)[C@H]2CC(O)[C@H]1C3. The number of fused-ring (bicyclic) bond motifs is 3. The standard InChI is InChI=1S/C20H32O2/c1-12-10-20-8-5-15-18(2,3)7-6-17(22)19(15,4)16(20)9-14(21)13(12)11-20/h6,12-16,21-22H,5,7-11H2,1-4H3/t12-,13+,14?,15+,16-,19+,20+/m1/s1. The summed E-state index contributed by atoms with van der Waals surface area (Å²) in [5.74, 6) is 2.76. The zero-order valence-electron chi connectivity index (χ0n) is 14.6. The lowest BCUT2D eigenvalue weighted by Gasteiger charge is -2.63. The summed E-state index contributed by atoms with van der Waals surface area (Å²) in [5, 5.41) is 21.6. The molecule has 0 aromatic rings. The van der Waals surface area contributed by atoms with E-state index in [1.54, 1.807) is 0 Å². The average molecular weight is 304 g/mol. The van der Waals surface area contributed by atoms with Crippen LogP contribution in [0, 0.1) is 39.9 Å². The molecule has 0 amide bonds. The van der Waals surface area contributed by atoms with Crippen molar-refractivity contribution in [3.8, 4) is 0 Å². The van der Waals surface area contributed by atoms with E-state index in [-0.39, 0.29) is 16.9 Å². The van der Waals surface area contributed by atoms with Gasteiger partial charge in [-0.3, -0.25) is 0 Å². The Morgan fingerprint density at radius 1 is 1.14 bits per heavy atom. The summed E-state index contributed by atoms with van der Waals surface area (Å²) in [7, 11) is 0. The minimum Gasteiger partial charge on any atom is -0.512 e. The number of aliphatic hydroxyl groups is 2. The number of rotatable bonds is 0. The maximum atomic E-state index is 10.9. The molecule has 0 aromatic carbocycles. The first-order valence-corrected chi connectivity index (χ1v) is 9.28. The van der Waals surface area contributed by atoms with E-state index >= 15 is 0 Å². The molecule has 4 rings (SSSR count). The van der Waals surface area contributed by atoms with Crippen LogP contribution in [0.2, 0.25) is 0 Å². The van der Waals surface area contributed by atoms with Gasteiger partial charge in [0.1, 0.15) is 0 Å². The predicted octanol–water partition coefficient (Wildman–Crippen LogP) is 4.69. The first-order chi connectivity index (χ1) is 10.2. The van der Waals surface area contributed by atoms with E-state index in [0.717, 1.165) is 12.8 Å². The lowest BCUT2D eigenvalue weighted by molar-refractivity contribution is -0.142. The first kappa shape index (κ1) is 15.1. The van der Waals surface area contributed by atoms with Gasteiger partial charge in [0.15, 0.2) is 0 Å². The molecule has 4 aliphatic rings. The highest BCUT2D eigenvalue weighted by atomic mass is 16.3. The average Bonchev–Trinajstić information content (AvgIpc) is 2.72. The molecule has 1 unspecified atom stereocenters. The molecule has 0 saturated heterocycles. The van der Waals surface area contributed by atoms with Gasteiger partial charge in [0.2, 0.25) is 0 Å². The molecule has 0 heterocycles. The summed E-state index contributed by atoms with van der Waals surface area (Å²) in [4.78, 5) is 0. The van der Waals surface area contributed by atoms with Gasteiger partial charge in [0, 0.05) is 5.41 Å². The highest BCUT2D eigenvalue weighted by molar-refractivity contribution is 5.24. The monoisotopic (exact) mass is 304 g/mol. The van der Waals surface area contributed by atoms with Crippen molar-refractivity contribution in [2.45, 2.75) is 72.3 Å². The lowest BCUT2D eigenvalue weighted by Crippen LogP contribution is -2.57. The predicted molar refractivity (Wildman–Crippen MR) is 88.4 cm³/mol. The van der Waals surface area contributed by atoms with Crippen molar-refractivity contribution in [2.75, 3.05) is 0 Å². The zero-order valence-corrected chi connectivity index (χ0v) is 14.6. The second-order valence-corrected chi connectivity index (χ2v) is 9.92. The molecule has 2 bridgehead atoms. The topological polar surface area (TPSA) is 40.5 Å². The molecule has 3 fully saturated rings. The van der Waals surface area contributed by atoms with Crippen molar-refractivity contribution in [3.05, 3.63) is 11.8 Å². The molecule has 0 aliphatic heterocycles. The summed E-state index contributed by atoms with van der Waals surface area (Å²) in [6.07, 6.45) is 8.81. The van der Waals surface area contributed by atoms with Crippen molar-refractivity contribution in [3.63, 3.8) is 0 Å². The van der Waals surface area contributed by atoms with E-state index < -0.39 is 0 Å². The summed E-state index contributed by atoms with van der Waals surface area (Å²) in [6.45, 7) is 9.39. The summed E-state index contributed by atoms with van der Waals surface area (Å²) >= 11 is 0. The van der Waals surface area contributed by atoms with E-state index in [1.807, 2.05) is 0 Å². The van der Waals surface area contributed by atoms with E-state index in [4.69, 9.17) is 0 Å². The minimum atomic E-state index is -0.163. The highest BCUT2D eigenvalue weighted by Crippen LogP contribution is 2.72. The summed E-state index contributed by atoms with van der Waals surface area (Å²) in [5.41, 5.74) is 0.508. The maximum absolute atomic E-state index is 10.9. The molecule has 2 N–H and O–H groups in total. The van der Waals surface area contributed by atoms with Gasteiger partial charge in [-0.25, -0.2) is 0 Å².